The minimum atomic E-state index is -4.11. The van der Waals surface area contributed by atoms with Gasteiger partial charge in [0, 0.05) is 33.7 Å². The van der Waals surface area contributed by atoms with Crippen LogP contribution in [-0.2, 0) is 21.4 Å². The summed E-state index contributed by atoms with van der Waals surface area (Å²) in [5, 5.41) is 15.4. The van der Waals surface area contributed by atoms with Gasteiger partial charge in [-0.2, -0.15) is 9.41 Å². The molecule has 3 aromatic rings. The predicted octanol–water partition coefficient (Wildman–Crippen LogP) is 5.66. The molecule has 3 aromatic carbocycles. The Labute approximate surface area is 230 Å². The molecule has 9 nitrogen and oxygen atoms in total. The molecule has 0 saturated heterocycles. The summed E-state index contributed by atoms with van der Waals surface area (Å²) in [6, 6.07) is 14.3. The fourth-order valence-corrected chi connectivity index (χ4v) is 5.07. The highest BCUT2D eigenvalue weighted by atomic mass is 79.9. The van der Waals surface area contributed by atoms with Gasteiger partial charge in [-0.25, -0.2) is 13.8 Å². The number of rotatable bonds is 9. The molecular weight excluding hydrogens is 619 g/mol. The Morgan fingerprint density at radius 1 is 1.03 bits per heavy atom. The summed E-state index contributed by atoms with van der Waals surface area (Å²) in [6.07, 6.45) is 1.12. The SMILES string of the molecule is O=C(CN(Cc1ccc(Cl)c(Cl)c1)S(=O)(=O)c1ccc(Br)cc1)N/N=C/c1cc([N+](=O)[O-])ccc1Cl. The molecule has 0 aliphatic rings. The number of benzene rings is 3. The van der Waals surface area contributed by atoms with Crippen molar-refractivity contribution in [3.8, 4) is 0 Å². The maximum Gasteiger partial charge on any atom is 0.270 e. The number of sulfonamides is 1. The van der Waals surface area contributed by atoms with Crippen LogP contribution in [0, 0.1) is 10.1 Å². The van der Waals surface area contributed by atoms with Crippen LogP contribution in [0.25, 0.3) is 0 Å². The van der Waals surface area contributed by atoms with Gasteiger partial charge in [-0.05, 0) is 48.0 Å². The normalized spacial score (nSPS) is 11.7. The lowest BCUT2D eigenvalue weighted by atomic mass is 10.2. The highest BCUT2D eigenvalue weighted by Gasteiger charge is 2.27. The number of carbonyl (C=O) groups excluding carboxylic acids is 1. The standard InChI is InChI=1S/C22H16BrCl3N4O5S/c23-16-2-5-18(6-3-16)36(34,35)29(12-14-1-7-20(25)21(26)9-14)13-22(31)28-27-11-15-10-17(30(32)33)4-8-19(15)24/h1-11H,12-13H2,(H,28,31)/b27-11+. The van der Waals surface area contributed by atoms with Crippen molar-refractivity contribution >= 4 is 78.6 Å². The van der Waals surface area contributed by atoms with Gasteiger partial charge in [0.25, 0.3) is 11.6 Å². The molecule has 0 fully saturated rings. The van der Waals surface area contributed by atoms with Crippen molar-refractivity contribution in [2.45, 2.75) is 11.4 Å². The van der Waals surface area contributed by atoms with Gasteiger partial charge in [0.1, 0.15) is 0 Å². The molecule has 0 heterocycles. The van der Waals surface area contributed by atoms with E-state index >= 15 is 0 Å². The second-order valence-corrected chi connectivity index (χ2v) is 11.3. The zero-order chi connectivity index (χ0) is 26.5. The molecule has 0 atom stereocenters. The molecule has 0 aliphatic heterocycles. The number of carbonyl (C=O) groups is 1. The van der Waals surface area contributed by atoms with E-state index in [2.05, 4.69) is 26.5 Å². The van der Waals surface area contributed by atoms with E-state index in [-0.39, 0.29) is 32.7 Å². The molecule has 0 saturated carbocycles. The monoisotopic (exact) mass is 632 g/mol. The van der Waals surface area contributed by atoms with Crippen LogP contribution in [0.2, 0.25) is 15.1 Å². The molecule has 0 aliphatic carbocycles. The van der Waals surface area contributed by atoms with Crippen molar-refractivity contribution in [3.05, 3.63) is 101 Å². The Morgan fingerprint density at radius 3 is 2.33 bits per heavy atom. The van der Waals surface area contributed by atoms with Crippen molar-refractivity contribution in [2.24, 2.45) is 5.10 Å². The van der Waals surface area contributed by atoms with E-state index in [4.69, 9.17) is 34.8 Å². The maximum absolute atomic E-state index is 13.3. The highest BCUT2D eigenvalue weighted by molar-refractivity contribution is 9.10. The Kier molecular flexibility index (Phi) is 9.45. The third-order valence-corrected chi connectivity index (χ3v) is 8.12. The first-order valence-electron chi connectivity index (χ1n) is 9.93. The molecule has 188 valence electrons. The maximum atomic E-state index is 13.3. The van der Waals surface area contributed by atoms with E-state index in [0.717, 1.165) is 10.5 Å². The van der Waals surface area contributed by atoms with Crippen LogP contribution in [0.5, 0.6) is 0 Å². The van der Waals surface area contributed by atoms with Gasteiger partial charge in [0.15, 0.2) is 0 Å². The molecule has 0 radical (unpaired) electrons. The zero-order valence-corrected chi connectivity index (χ0v) is 22.7. The van der Waals surface area contributed by atoms with Gasteiger partial charge >= 0.3 is 0 Å². The van der Waals surface area contributed by atoms with Crippen LogP contribution < -0.4 is 5.43 Å². The summed E-state index contributed by atoms with van der Waals surface area (Å²) in [6.45, 7) is -0.762. The van der Waals surface area contributed by atoms with Crippen LogP contribution in [0.15, 0.2) is 75.1 Å². The third-order valence-electron chi connectivity index (χ3n) is 4.70. The van der Waals surface area contributed by atoms with Crippen LogP contribution in [0.3, 0.4) is 0 Å². The molecule has 0 aromatic heterocycles. The summed E-state index contributed by atoms with van der Waals surface area (Å²) in [4.78, 5) is 23.0. The number of amides is 1. The van der Waals surface area contributed by atoms with Crippen molar-refractivity contribution in [2.75, 3.05) is 6.54 Å². The molecule has 14 heteroatoms. The molecule has 0 bridgehead atoms. The molecule has 36 heavy (non-hydrogen) atoms. The molecule has 1 amide bonds. The largest absolute Gasteiger partial charge is 0.272 e. The third kappa shape index (κ3) is 7.25. The first kappa shape index (κ1) is 28.0. The molecule has 3 rings (SSSR count). The van der Waals surface area contributed by atoms with Crippen LogP contribution in [0.4, 0.5) is 5.69 Å². The fraction of sp³-hybridized carbons (Fsp3) is 0.0909. The van der Waals surface area contributed by atoms with Crippen LogP contribution >= 0.6 is 50.7 Å². The first-order valence-corrected chi connectivity index (χ1v) is 13.3. The second kappa shape index (κ2) is 12.1. The lowest BCUT2D eigenvalue weighted by Crippen LogP contribution is -2.39. The quantitative estimate of drug-likeness (QED) is 0.185. The lowest BCUT2D eigenvalue weighted by Gasteiger charge is -2.22. The number of nitrogens with zero attached hydrogens (tertiary/aromatic N) is 3. The van der Waals surface area contributed by atoms with Gasteiger partial charge in [-0.3, -0.25) is 14.9 Å². The number of non-ortho nitro benzene ring substituents is 1. The average molecular weight is 635 g/mol. The summed E-state index contributed by atoms with van der Waals surface area (Å²) >= 11 is 21.3. The van der Waals surface area contributed by atoms with Gasteiger partial charge in [0.05, 0.1) is 32.6 Å². The lowest BCUT2D eigenvalue weighted by molar-refractivity contribution is -0.384. The van der Waals surface area contributed by atoms with Gasteiger partial charge in [0.2, 0.25) is 10.0 Å². The van der Waals surface area contributed by atoms with Gasteiger partial charge in [-0.1, -0.05) is 56.8 Å². The van der Waals surface area contributed by atoms with Crippen molar-refractivity contribution in [1.82, 2.24) is 9.73 Å². The Bertz CT molecular complexity index is 1440. The number of nitrogens with one attached hydrogen (secondary N) is 1. The number of halogens is 4. The summed E-state index contributed by atoms with van der Waals surface area (Å²) in [5.74, 6) is -0.756. The second-order valence-electron chi connectivity index (χ2n) is 7.23. The Morgan fingerprint density at radius 2 is 1.69 bits per heavy atom. The number of hydrogen-bond donors (Lipinski definition) is 1. The van der Waals surface area contributed by atoms with E-state index in [1.807, 2.05) is 0 Å². The average Bonchev–Trinajstić information content (AvgIpc) is 2.82. The minimum Gasteiger partial charge on any atom is -0.272 e. The summed E-state index contributed by atoms with van der Waals surface area (Å²) < 4.78 is 28.3. The van der Waals surface area contributed by atoms with Gasteiger partial charge in [-0.15, -0.1) is 0 Å². The summed E-state index contributed by atoms with van der Waals surface area (Å²) in [7, 11) is -4.11. The Hall–Kier alpha value is -2.54. The van der Waals surface area contributed by atoms with Crippen LogP contribution in [-0.4, -0.2) is 36.3 Å². The molecule has 0 spiro atoms. The Balaban J connectivity index is 1.83. The minimum absolute atomic E-state index is 0.0227. The fourth-order valence-electron chi connectivity index (χ4n) is 2.94. The van der Waals surface area contributed by atoms with E-state index in [9.17, 15) is 23.3 Å². The summed E-state index contributed by atoms with van der Waals surface area (Å²) in [5.41, 5.74) is 2.71. The number of hydrogen-bond acceptors (Lipinski definition) is 6. The number of hydrazone groups is 1. The predicted molar refractivity (Wildman–Crippen MR) is 142 cm³/mol. The van der Waals surface area contributed by atoms with Gasteiger partial charge < -0.3 is 0 Å². The van der Waals surface area contributed by atoms with E-state index < -0.39 is 27.4 Å². The van der Waals surface area contributed by atoms with Crippen molar-refractivity contribution < 1.29 is 18.1 Å². The number of nitro groups is 1. The zero-order valence-electron chi connectivity index (χ0n) is 18.1. The first-order chi connectivity index (χ1) is 17.0. The van der Waals surface area contributed by atoms with E-state index in [1.54, 1.807) is 18.2 Å². The topological polar surface area (TPSA) is 122 Å². The van der Waals surface area contributed by atoms with E-state index in [1.165, 1.54) is 42.5 Å². The number of nitro benzene ring substituents is 1. The van der Waals surface area contributed by atoms with Crippen molar-refractivity contribution in [1.29, 1.82) is 0 Å². The molecular formula is C22H16BrCl3N4O5S. The van der Waals surface area contributed by atoms with Crippen LogP contribution in [0.1, 0.15) is 11.1 Å². The van der Waals surface area contributed by atoms with E-state index in [0.29, 0.717) is 15.1 Å². The smallest absolute Gasteiger partial charge is 0.270 e. The molecule has 0 unspecified atom stereocenters. The molecule has 1 N–H and O–H groups in total. The highest BCUT2D eigenvalue weighted by Crippen LogP contribution is 2.26. The van der Waals surface area contributed by atoms with Crippen molar-refractivity contribution in [3.63, 3.8) is 0 Å².